The molecule has 2 rings (SSSR count). The van der Waals surface area contributed by atoms with Crippen molar-refractivity contribution < 1.29 is 23.1 Å². The van der Waals surface area contributed by atoms with E-state index in [9.17, 15) is 18.3 Å². The normalized spacial score (nSPS) is 11.4. The number of hydrogen-bond donors (Lipinski definition) is 2. The number of hydrazone groups is 1. The molecular weight excluding hydrogens is 370 g/mol. The van der Waals surface area contributed by atoms with Crippen LogP contribution in [-0.4, -0.2) is 45.6 Å². The van der Waals surface area contributed by atoms with Gasteiger partial charge in [-0.2, -0.15) is 5.10 Å². The standard InChI is InChI=1S/C18H21N3O5S/c1-13-7-4-5-9-15(13)21(27(3,24)25)12-17(22)20-19-11-14-8-6-10-16(26-2)18(14)23/h4-11,23H,12H2,1-3H3,(H,20,22)/b19-11-. The molecule has 0 saturated carbocycles. The van der Waals surface area contributed by atoms with Crippen LogP contribution in [0.25, 0.3) is 0 Å². The summed E-state index contributed by atoms with van der Waals surface area (Å²) in [5, 5.41) is 13.7. The maximum atomic E-state index is 12.2. The minimum atomic E-state index is -3.66. The average Bonchev–Trinajstić information content (AvgIpc) is 2.61. The second-order valence-corrected chi connectivity index (χ2v) is 7.65. The lowest BCUT2D eigenvalue weighted by molar-refractivity contribution is -0.119. The number of carbonyl (C=O) groups excluding carboxylic acids is 1. The van der Waals surface area contributed by atoms with Crippen LogP contribution < -0.4 is 14.5 Å². The average molecular weight is 391 g/mol. The molecule has 27 heavy (non-hydrogen) atoms. The Morgan fingerprint density at radius 1 is 1.26 bits per heavy atom. The molecule has 9 heteroatoms. The highest BCUT2D eigenvalue weighted by atomic mass is 32.2. The van der Waals surface area contributed by atoms with Crippen LogP contribution >= 0.6 is 0 Å². The van der Waals surface area contributed by atoms with Crippen LogP contribution in [0.3, 0.4) is 0 Å². The first kappa shape index (κ1) is 20.2. The van der Waals surface area contributed by atoms with Crippen LogP contribution in [-0.2, 0) is 14.8 Å². The highest BCUT2D eigenvalue weighted by molar-refractivity contribution is 7.92. The number of nitrogens with one attached hydrogen (secondary N) is 1. The fourth-order valence-corrected chi connectivity index (χ4v) is 3.29. The number of ether oxygens (including phenoxy) is 1. The third kappa shape index (κ3) is 5.20. The van der Waals surface area contributed by atoms with Gasteiger partial charge in [-0.3, -0.25) is 9.10 Å². The Morgan fingerprint density at radius 2 is 1.96 bits per heavy atom. The zero-order valence-corrected chi connectivity index (χ0v) is 16.0. The fraction of sp³-hybridized carbons (Fsp3) is 0.222. The summed E-state index contributed by atoms with van der Waals surface area (Å²) < 4.78 is 30.2. The highest BCUT2D eigenvalue weighted by Crippen LogP contribution is 2.28. The van der Waals surface area contributed by atoms with Crippen molar-refractivity contribution in [2.24, 2.45) is 5.10 Å². The summed E-state index contributed by atoms with van der Waals surface area (Å²) in [5.74, 6) is -0.467. The van der Waals surface area contributed by atoms with Crippen LogP contribution in [0.1, 0.15) is 11.1 Å². The molecule has 0 spiro atoms. The van der Waals surface area contributed by atoms with Gasteiger partial charge in [0.2, 0.25) is 10.0 Å². The van der Waals surface area contributed by atoms with E-state index in [0.29, 0.717) is 11.3 Å². The van der Waals surface area contributed by atoms with E-state index in [1.54, 1.807) is 49.4 Å². The predicted molar refractivity (Wildman–Crippen MR) is 104 cm³/mol. The van der Waals surface area contributed by atoms with Crippen molar-refractivity contribution in [2.45, 2.75) is 6.92 Å². The van der Waals surface area contributed by atoms with Crippen LogP contribution in [0.4, 0.5) is 5.69 Å². The number of aryl methyl sites for hydroxylation is 1. The van der Waals surface area contributed by atoms with Crippen molar-refractivity contribution in [2.75, 3.05) is 24.2 Å². The van der Waals surface area contributed by atoms with Crippen LogP contribution in [0, 0.1) is 6.92 Å². The molecule has 2 aromatic rings. The van der Waals surface area contributed by atoms with Gasteiger partial charge in [-0.1, -0.05) is 24.3 Å². The number of para-hydroxylation sites is 2. The number of aromatic hydroxyl groups is 1. The lowest BCUT2D eigenvalue weighted by atomic mass is 10.2. The summed E-state index contributed by atoms with van der Waals surface area (Å²) in [7, 11) is -2.24. The van der Waals surface area contributed by atoms with Crippen LogP contribution in [0.15, 0.2) is 47.6 Å². The van der Waals surface area contributed by atoms with Crippen molar-refractivity contribution in [3.8, 4) is 11.5 Å². The molecule has 0 aliphatic carbocycles. The van der Waals surface area contributed by atoms with Crippen LogP contribution in [0.5, 0.6) is 11.5 Å². The number of anilines is 1. The number of nitrogens with zero attached hydrogens (tertiary/aromatic N) is 2. The Hall–Kier alpha value is -3.07. The number of phenols is 1. The molecular formula is C18H21N3O5S. The molecule has 0 aromatic heterocycles. The molecule has 1 amide bonds. The minimum Gasteiger partial charge on any atom is -0.504 e. The number of rotatable bonds is 7. The Kier molecular flexibility index (Phi) is 6.40. The molecule has 0 aliphatic rings. The molecule has 0 bridgehead atoms. The molecule has 2 N–H and O–H groups in total. The summed E-state index contributed by atoms with van der Waals surface area (Å²) in [6.07, 6.45) is 2.28. The van der Waals surface area contributed by atoms with E-state index >= 15 is 0 Å². The number of benzene rings is 2. The van der Waals surface area contributed by atoms with Gasteiger partial charge in [0.05, 0.1) is 25.3 Å². The number of hydrogen-bond acceptors (Lipinski definition) is 6. The van der Waals surface area contributed by atoms with Crippen molar-refractivity contribution in [3.05, 3.63) is 53.6 Å². The van der Waals surface area contributed by atoms with E-state index in [4.69, 9.17) is 4.74 Å². The van der Waals surface area contributed by atoms with Crippen LogP contribution in [0.2, 0.25) is 0 Å². The van der Waals surface area contributed by atoms with Gasteiger partial charge in [0.1, 0.15) is 6.54 Å². The summed E-state index contributed by atoms with van der Waals surface area (Å²) in [6, 6.07) is 11.7. The molecule has 8 nitrogen and oxygen atoms in total. The lowest BCUT2D eigenvalue weighted by Gasteiger charge is -2.23. The Bertz CT molecular complexity index is 957. The van der Waals surface area contributed by atoms with E-state index < -0.39 is 22.5 Å². The fourth-order valence-electron chi connectivity index (χ4n) is 2.37. The van der Waals surface area contributed by atoms with E-state index in [0.717, 1.165) is 16.1 Å². The monoisotopic (exact) mass is 391 g/mol. The van der Waals surface area contributed by atoms with E-state index in [1.807, 2.05) is 0 Å². The van der Waals surface area contributed by atoms with Crippen molar-refractivity contribution in [1.82, 2.24) is 5.43 Å². The summed E-state index contributed by atoms with van der Waals surface area (Å²) >= 11 is 0. The largest absolute Gasteiger partial charge is 0.504 e. The maximum Gasteiger partial charge on any atom is 0.260 e. The van der Waals surface area contributed by atoms with Gasteiger partial charge in [-0.15, -0.1) is 0 Å². The summed E-state index contributed by atoms with van der Waals surface area (Å²) in [6.45, 7) is 1.33. The number of phenolic OH excluding ortho intramolecular Hbond substituents is 1. The number of methoxy groups -OCH3 is 1. The Labute approximate surface area is 158 Å². The van der Waals surface area contributed by atoms with Gasteiger partial charge in [-0.25, -0.2) is 13.8 Å². The molecule has 144 valence electrons. The second kappa shape index (κ2) is 8.54. The molecule has 0 fully saturated rings. The number of carbonyl (C=O) groups is 1. The minimum absolute atomic E-state index is 0.115. The van der Waals surface area contributed by atoms with Gasteiger partial charge in [0, 0.05) is 5.56 Å². The first-order valence-corrected chi connectivity index (χ1v) is 9.80. The molecule has 0 saturated heterocycles. The van der Waals surface area contributed by atoms with Gasteiger partial charge in [-0.05, 0) is 30.7 Å². The first-order valence-electron chi connectivity index (χ1n) is 7.95. The second-order valence-electron chi connectivity index (χ2n) is 5.75. The third-order valence-electron chi connectivity index (χ3n) is 3.71. The first-order chi connectivity index (χ1) is 12.7. The Morgan fingerprint density at radius 3 is 2.59 bits per heavy atom. The van der Waals surface area contributed by atoms with Gasteiger partial charge in [0.25, 0.3) is 5.91 Å². The van der Waals surface area contributed by atoms with Gasteiger partial charge in [0.15, 0.2) is 11.5 Å². The Balaban J connectivity index is 2.12. The topological polar surface area (TPSA) is 108 Å². The van der Waals surface area contributed by atoms with Gasteiger partial charge < -0.3 is 9.84 Å². The maximum absolute atomic E-state index is 12.2. The van der Waals surface area contributed by atoms with E-state index in [2.05, 4.69) is 10.5 Å². The summed E-state index contributed by atoms with van der Waals surface area (Å²) in [5.41, 5.74) is 3.74. The molecule has 0 heterocycles. The lowest BCUT2D eigenvalue weighted by Crippen LogP contribution is -2.39. The van der Waals surface area contributed by atoms with Crippen molar-refractivity contribution in [3.63, 3.8) is 0 Å². The SMILES string of the molecule is COc1cccc(/C=N\NC(=O)CN(c2ccccc2C)S(C)(=O)=O)c1O. The number of sulfonamides is 1. The van der Waals surface area contributed by atoms with Gasteiger partial charge >= 0.3 is 0 Å². The zero-order chi connectivity index (χ0) is 20.0. The predicted octanol–water partition coefficient (Wildman–Crippen LogP) is 1.63. The van der Waals surface area contributed by atoms with E-state index in [1.165, 1.54) is 13.3 Å². The molecule has 0 aliphatic heterocycles. The highest BCUT2D eigenvalue weighted by Gasteiger charge is 2.21. The van der Waals surface area contributed by atoms with Crippen molar-refractivity contribution in [1.29, 1.82) is 0 Å². The van der Waals surface area contributed by atoms with E-state index in [-0.39, 0.29) is 11.5 Å². The summed E-state index contributed by atoms with van der Waals surface area (Å²) in [4.78, 5) is 12.2. The van der Waals surface area contributed by atoms with Crippen molar-refractivity contribution >= 4 is 27.8 Å². The molecule has 0 radical (unpaired) electrons. The third-order valence-corrected chi connectivity index (χ3v) is 4.84. The quantitative estimate of drug-likeness (QED) is 0.551. The smallest absolute Gasteiger partial charge is 0.260 e. The molecule has 0 atom stereocenters. The molecule has 2 aromatic carbocycles. The number of amides is 1. The zero-order valence-electron chi connectivity index (χ0n) is 15.2. The molecule has 0 unspecified atom stereocenters.